The van der Waals surface area contributed by atoms with Gasteiger partial charge in [0.2, 0.25) is 0 Å². The van der Waals surface area contributed by atoms with E-state index >= 15 is 0 Å². The van der Waals surface area contributed by atoms with Crippen LogP contribution in [0.3, 0.4) is 0 Å². The van der Waals surface area contributed by atoms with Gasteiger partial charge in [-0.3, -0.25) is 0 Å². The summed E-state index contributed by atoms with van der Waals surface area (Å²) in [5, 5.41) is 12.2. The number of benzene rings is 1. The lowest BCUT2D eigenvalue weighted by atomic mass is 9.85. The van der Waals surface area contributed by atoms with Crippen molar-refractivity contribution in [3.8, 4) is 5.75 Å². The van der Waals surface area contributed by atoms with Crippen LogP contribution >= 0.6 is 0 Å². The summed E-state index contributed by atoms with van der Waals surface area (Å²) in [6.07, 6.45) is 2.09. The highest BCUT2D eigenvalue weighted by Crippen LogP contribution is 2.33. The van der Waals surface area contributed by atoms with Crippen molar-refractivity contribution in [1.82, 2.24) is 0 Å². The Kier molecular flexibility index (Phi) is 6.39. The van der Waals surface area contributed by atoms with Gasteiger partial charge < -0.3 is 14.7 Å². The van der Waals surface area contributed by atoms with Crippen LogP contribution in [0.2, 0.25) is 0 Å². The first-order valence-electron chi connectivity index (χ1n) is 8.35. The Balaban J connectivity index is 2.15. The monoisotopic (exact) mass is 343 g/mol. The van der Waals surface area contributed by atoms with Crippen LogP contribution in [0.15, 0.2) is 51.7 Å². The van der Waals surface area contributed by atoms with Gasteiger partial charge in [-0.05, 0) is 63.3 Å². The van der Waals surface area contributed by atoms with Crippen LogP contribution in [0.25, 0.3) is 0 Å². The lowest BCUT2D eigenvalue weighted by Crippen LogP contribution is -2.19. The number of para-hydroxylation sites is 1. The molecule has 0 spiro atoms. The summed E-state index contributed by atoms with van der Waals surface area (Å²) in [5.74, 6) is -0.254. The summed E-state index contributed by atoms with van der Waals surface area (Å²) in [6, 6.07) is 7.93. The fraction of sp³-hybridized carbons (Fsp3) is 0.400. The average Bonchev–Trinajstić information content (AvgIpc) is 2.56. The molecule has 0 radical (unpaired) electrons. The van der Waals surface area contributed by atoms with E-state index in [1.165, 1.54) is 16.7 Å². The first-order valence-corrected chi connectivity index (χ1v) is 8.35. The van der Waals surface area contributed by atoms with E-state index in [-0.39, 0.29) is 6.10 Å². The van der Waals surface area contributed by atoms with Gasteiger partial charge in [-0.1, -0.05) is 34.5 Å². The number of hydrogen-bond acceptors (Lipinski definition) is 4. The largest absolute Gasteiger partial charge is 0.489 e. The van der Waals surface area contributed by atoms with Gasteiger partial charge in [0.25, 0.3) is 0 Å². The van der Waals surface area contributed by atoms with Crippen LogP contribution in [0.4, 0.5) is 0 Å². The number of aryl methyl sites for hydroxylation is 1. The molecule has 5 nitrogen and oxygen atoms in total. The van der Waals surface area contributed by atoms with E-state index in [1.807, 2.05) is 38.1 Å². The lowest BCUT2D eigenvalue weighted by molar-refractivity contribution is -0.129. The third kappa shape index (κ3) is 5.21. The minimum Gasteiger partial charge on any atom is -0.489 e. The van der Waals surface area contributed by atoms with E-state index in [2.05, 4.69) is 19.0 Å². The Bertz CT molecular complexity index is 731. The summed E-state index contributed by atoms with van der Waals surface area (Å²) < 4.78 is 6.01. The fourth-order valence-electron chi connectivity index (χ4n) is 2.83. The predicted octanol–water partition coefficient (Wildman–Crippen LogP) is 4.28. The van der Waals surface area contributed by atoms with Gasteiger partial charge in [0.05, 0.1) is 0 Å². The Morgan fingerprint density at radius 1 is 1.24 bits per heavy atom. The molecule has 2 rings (SSSR count). The number of oxime groups is 1. The van der Waals surface area contributed by atoms with Crippen molar-refractivity contribution in [2.75, 3.05) is 6.61 Å². The summed E-state index contributed by atoms with van der Waals surface area (Å²) >= 11 is 0. The Morgan fingerprint density at radius 2 is 1.92 bits per heavy atom. The maximum absolute atomic E-state index is 10.5. The number of hydrogen-bond donors (Lipinski definition) is 1. The Labute approximate surface area is 148 Å². The molecule has 0 saturated carbocycles. The van der Waals surface area contributed by atoms with Crippen LogP contribution < -0.4 is 4.74 Å². The van der Waals surface area contributed by atoms with Gasteiger partial charge in [-0.25, -0.2) is 4.79 Å². The zero-order valence-corrected chi connectivity index (χ0v) is 15.2. The fourth-order valence-corrected chi connectivity index (χ4v) is 2.83. The Morgan fingerprint density at radius 3 is 2.60 bits per heavy atom. The number of allylic oxidation sites excluding steroid dienone is 2. The molecule has 0 amide bonds. The highest BCUT2D eigenvalue weighted by molar-refractivity contribution is 6.21. The average molecular weight is 343 g/mol. The van der Waals surface area contributed by atoms with E-state index in [0.29, 0.717) is 6.61 Å². The number of rotatable bonds is 7. The SMILES string of the molecule is CC1=C(C)CC(C(C)ON=CC(=O)O)=C(COc2ccccc2C)C1. The van der Waals surface area contributed by atoms with E-state index in [0.717, 1.165) is 35.9 Å². The summed E-state index contributed by atoms with van der Waals surface area (Å²) in [6.45, 7) is 8.64. The molecule has 1 aromatic carbocycles. The van der Waals surface area contributed by atoms with Gasteiger partial charge in [0, 0.05) is 0 Å². The molecule has 134 valence electrons. The highest BCUT2D eigenvalue weighted by Gasteiger charge is 2.22. The normalized spacial score (nSPS) is 16.3. The van der Waals surface area contributed by atoms with Crippen molar-refractivity contribution in [1.29, 1.82) is 0 Å². The van der Waals surface area contributed by atoms with Crippen molar-refractivity contribution in [2.45, 2.75) is 46.6 Å². The molecule has 1 atom stereocenters. The van der Waals surface area contributed by atoms with Gasteiger partial charge in [-0.2, -0.15) is 0 Å². The number of carboxylic acids is 1. The van der Waals surface area contributed by atoms with Crippen molar-refractivity contribution in [3.63, 3.8) is 0 Å². The summed E-state index contributed by atoms with van der Waals surface area (Å²) in [4.78, 5) is 15.9. The molecule has 0 aromatic heterocycles. The molecule has 5 heteroatoms. The quantitative estimate of drug-likeness (QED) is 0.456. The molecule has 0 bridgehead atoms. The topological polar surface area (TPSA) is 68.1 Å². The Hall–Kier alpha value is -2.56. The summed E-state index contributed by atoms with van der Waals surface area (Å²) in [7, 11) is 0. The minimum atomic E-state index is -1.13. The maximum atomic E-state index is 10.5. The predicted molar refractivity (Wildman–Crippen MR) is 98.0 cm³/mol. The number of aliphatic carboxylic acids is 1. The summed E-state index contributed by atoms with van der Waals surface area (Å²) in [5.41, 5.74) is 6.03. The lowest BCUT2D eigenvalue weighted by Gasteiger charge is -2.26. The van der Waals surface area contributed by atoms with Gasteiger partial charge in [0.1, 0.15) is 18.5 Å². The second-order valence-electron chi connectivity index (χ2n) is 6.42. The molecule has 0 aliphatic heterocycles. The molecule has 0 fully saturated rings. The van der Waals surface area contributed by atoms with E-state index in [4.69, 9.17) is 14.7 Å². The van der Waals surface area contributed by atoms with Crippen LogP contribution in [0.1, 0.15) is 39.2 Å². The molecule has 1 N–H and O–H groups in total. The third-order valence-electron chi connectivity index (χ3n) is 4.49. The first kappa shape index (κ1) is 18.8. The second-order valence-corrected chi connectivity index (χ2v) is 6.42. The number of nitrogens with zero attached hydrogens (tertiary/aromatic N) is 1. The second kappa shape index (κ2) is 8.51. The van der Waals surface area contributed by atoms with E-state index < -0.39 is 5.97 Å². The molecular formula is C20H25NO4. The zero-order chi connectivity index (χ0) is 18.4. The molecule has 1 aliphatic carbocycles. The van der Waals surface area contributed by atoms with Crippen molar-refractivity contribution >= 4 is 12.2 Å². The zero-order valence-electron chi connectivity index (χ0n) is 15.2. The number of carboxylic acid groups (broad SMARTS) is 1. The van der Waals surface area contributed by atoms with Gasteiger partial charge >= 0.3 is 5.97 Å². The molecular weight excluding hydrogens is 318 g/mol. The maximum Gasteiger partial charge on any atom is 0.350 e. The molecule has 25 heavy (non-hydrogen) atoms. The van der Waals surface area contributed by atoms with Gasteiger partial charge in [0.15, 0.2) is 6.21 Å². The molecule has 0 heterocycles. The molecule has 0 saturated heterocycles. The van der Waals surface area contributed by atoms with E-state index in [9.17, 15) is 4.79 Å². The highest BCUT2D eigenvalue weighted by atomic mass is 16.6. The van der Waals surface area contributed by atoms with Crippen LogP contribution in [-0.4, -0.2) is 30.0 Å². The standard InChI is InChI=1S/C20H25NO4/c1-13-7-5-6-8-19(13)24-12-17-9-14(2)15(3)10-18(17)16(4)25-21-11-20(22)23/h5-8,11,16H,9-10,12H2,1-4H3,(H,22,23). The van der Waals surface area contributed by atoms with Crippen molar-refractivity contribution < 1.29 is 19.5 Å². The minimum absolute atomic E-state index is 0.297. The third-order valence-corrected chi connectivity index (χ3v) is 4.49. The smallest absolute Gasteiger partial charge is 0.350 e. The van der Waals surface area contributed by atoms with Gasteiger partial charge in [-0.15, -0.1) is 0 Å². The number of carbonyl (C=O) groups is 1. The number of ether oxygens (including phenoxy) is 1. The van der Waals surface area contributed by atoms with E-state index in [1.54, 1.807) is 0 Å². The van der Waals surface area contributed by atoms with Crippen molar-refractivity contribution in [2.24, 2.45) is 5.16 Å². The van der Waals surface area contributed by atoms with Crippen LogP contribution in [0.5, 0.6) is 5.75 Å². The molecule has 1 unspecified atom stereocenters. The molecule has 1 aromatic rings. The molecule has 1 aliphatic rings. The van der Waals surface area contributed by atoms with Crippen molar-refractivity contribution in [3.05, 3.63) is 52.1 Å². The van der Waals surface area contributed by atoms with Crippen LogP contribution in [-0.2, 0) is 9.63 Å². The first-order chi connectivity index (χ1) is 11.9. The van der Waals surface area contributed by atoms with Crippen LogP contribution in [0, 0.1) is 6.92 Å².